The van der Waals surface area contributed by atoms with Crippen LogP contribution in [0.4, 0.5) is 24.8 Å². The number of rotatable bonds is 1. The first-order chi connectivity index (χ1) is 7.97. The number of nitrogens with two attached hydrogens (primary N) is 2. The molecule has 17 heavy (non-hydrogen) atoms. The monoisotopic (exact) mass is 240 g/mol. The summed E-state index contributed by atoms with van der Waals surface area (Å²) >= 11 is 0. The van der Waals surface area contributed by atoms with E-state index in [1.807, 2.05) is 0 Å². The van der Waals surface area contributed by atoms with Gasteiger partial charge < -0.3 is 11.5 Å². The van der Waals surface area contributed by atoms with Crippen LogP contribution in [0.3, 0.4) is 0 Å². The average Bonchev–Trinajstić information content (AvgIpc) is 2.23. The van der Waals surface area contributed by atoms with E-state index in [2.05, 4.69) is 9.97 Å². The molecule has 4 nitrogen and oxygen atoms in total. The molecule has 0 unspecified atom stereocenters. The van der Waals surface area contributed by atoms with E-state index in [9.17, 15) is 13.2 Å². The van der Waals surface area contributed by atoms with Gasteiger partial charge in [-0.15, -0.1) is 0 Å². The fourth-order valence-electron chi connectivity index (χ4n) is 1.30. The second-order valence-electron chi connectivity index (χ2n) is 3.30. The highest BCUT2D eigenvalue weighted by molar-refractivity contribution is 5.59. The van der Waals surface area contributed by atoms with Crippen LogP contribution in [0, 0.1) is 17.5 Å². The van der Waals surface area contributed by atoms with Crippen molar-refractivity contribution in [2.24, 2.45) is 0 Å². The molecule has 0 aliphatic heterocycles. The molecule has 0 spiro atoms. The smallest absolute Gasteiger partial charge is 0.194 e. The van der Waals surface area contributed by atoms with Gasteiger partial charge >= 0.3 is 0 Å². The molecule has 0 saturated carbocycles. The van der Waals surface area contributed by atoms with Gasteiger partial charge in [-0.2, -0.15) is 0 Å². The molecule has 88 valence electrons. The molecule has 4 N–H and O–H groups in total. The van der Waals surface area contributed by atoms with Crippen molar-refractivity contribution in [1.29, 1.82) is 0 Å². The van der Waals surface area contributed by atoms with Crippen LogP contribution in [0.2, 0.25) is 0 Å². The number of benzene rings is 1. The summed E-state index contributed by atoms with van der Waals surface area (Å²) < 4.78 is 38.7. The summed E-state index contributed by atoms with van der Waals surface area (Å²) in [6, 6.07) is 2.83. The van der Waals surface area contributed by atoms with Crippen molar-refractivity contribution in [3.05, 3.63) is 35.7 Å². The van der Waals surface area contributed by atoms with Gasteiger partial charge in [-0.05, 0) is 12.1 Å². The van der Waals surface area contributed by atoms with E-state index in [1.54, 1.807) is 0 Å². The first-order valence-corrected chi connectivity index (χ1v) is 4.52. The molecule has 1 aromatic heterocycles. The van der Waals surface area contributed by atoms with Gasteiger partial charge in [-0.3, -0.25) is 0 Å². The molecule has 1 aromatic carbocycles. The van der Waals surface area contributed by atoms with E-state index in [4.69, 9.17) is 11.5 Å². The highest BCUT2D eigenvalue weighted by Gasteiger charge is 2.13. The lowest BCUT2D eigenvalue weighted by Crippen LogP contribution is -2.01. The predicted molar refractivity (Wildman–Crippen MR) is 56.2 cm³/mol. The van der Waals surface area contributed by atoms with Crippen LogP contribution >= 0.6 is 0 Å². The molecule has 0 amide bonds. The number of halogens is 3. The van der Waals surface area contributed by atoms with E-state index in [0.29, 0.717) is 0 Å². The van der Waals surface area contributed by atoms with Gasteiger partial charge in [0.05, 0.1) is 0 Å². The van der Waals surface area contributed by atoms with Crippen molar-refractivity contribution < 1.29 is 13.2 Å². The zero-order chi connectivity index (χ0) is 12.6. The molecule has 0 fully saturated rings. The number of hydrogen-bond acceptors (Lipinski definition) is 4. The summed E-state index contributed by atoms with van der Waals surface area (Å²) in [6.45, 7) is 0. The zero-order valence-corrected chi connectivity index (χ0v) is 8.42. The van der Waals surface area contributed by atoms with Crippen molar-refractivity contribution in [3.8, 4) is 11.4 Å². The van der Waals surface area contributed by atoms with Crippen LogP contribution in [0.25, 0.3) is 11.4 Å². The van der Waals surface area contributed by atoms with Crippen molar-refractivity contribution in [3.63, 3.8) is 0 Å². The second kappa shape index (κ2) is 3.93. The molecule has 0 aliphatic carbocycles. The molecule has 0 radical (unpaired) electrons. The Balaban J connectivity index is 2.60. The highest BCUT2D eigenvalue weighted by Crippen LogP contribution is 2.22. The molecular formula is C10H7F3N4. The summed E-state index contributed by atoms with van der Waals surface area (Å²) in [7, 11) is 0. The number of anilines is 2. The molecule has 2 aromatic rings. The van der Waals surface area contributed by atoms with E-state index in [1.165, 1.54) is 6.07 Å². The van der Waals surface area contributed by atoms with E-state index >= 15 is 0 Å². The maximum absolute atomic E-state index is 13.0. The fourth-order valence-corrected chi connectivity index (χ4v) is 1.30. The summed E-state index contributed by atoms with van der Waals surface area (Å²) in [5, 5.41) is 0. The lowest BCUT2D eigenvalue weighted by atomic mass is 10.2. The van der Waals surface area contributed by atoms with Crippen LogP contribution < -0.4 is 11.5 Å². The maximum Gasteiger partial charge on any atom is 0.194 e. The van der Waals surface area contributed by atoms with Crippen LogP contribution in [0.15, 0.2) is 18.2 Å². The first kappa shape index (κ1) is 11.2. The Morgan fingerprint density at radius 3 is 1.76 bits per heavy atom. The van der Waals surface area contributed by atoms with Gasteiger partial charge in [0.1, 0.15) is 11.6 Å². The van der Waals surface area contributed by atoms with Crippen LogP contribution in [0.5, 0.6) is 0 Å². The summed E-state index contributed by atoms with van der Waals surface area (Å²) in [4.78, 5) is 7.49. The Morgan fingerprint density at radius 2 is 1.29 bits per heavy atom. The third-order valence-electron chi connectivity index (χ3n) is 2.01. The number of hydrogen-bond donors (Lipinski definition) is 2. The molecule has 7 heteroatoms. The molecule has 0 bridgehead atoms. The average molecular weight is 240 g/mol. The zero-order valence-electron chi connectivity index (χ0n) is 8.42. The molecule has 0 saturated heterocycles. The van der Waals surface area contributed by atoms with E-state index in [-0.39, 0.29) is 23.0 Å². The van der Waals surface area contributed by atoms with Gasteiger partial charge in [0.25, 0.3) is 0 Å². The number of nitrogens with zero attached hydrogens (tertiary/aromatic N) is 2. The Bertz CT molecular complexity index is 543. The van der Waals surface area contributed by atoms with Gasteiger partial charge in [-0.1, -0.05) is 0 Å². The van der Waals surface area contributed by atoms with Crippen LogP contribution in [0.1, 0.15) is 0 Å². The standard InChI is InChI=1S/C10H7F3N4/c11-5-1-4(2-6(12)9(5)13)10-16-7(14)3-8(15)17-10/h1-3H,(H4,14,15,16,17). The van der Waals surface area contributed by atoms with Crippen LogP contribution in [-0.4, -0.2) is 9.97 Å². The topological polar surface area (TPSA) is 77.8 Å². The molecular weight excluding hydrogens is 233 g/mol. The predicted octanol–water partition coefficient (Wildman–Crippen LogP) is 1.73. The quantitative estimate of drug-likeness (QED) is 0.744. The summed E-state index contributed by atoms with van der Waals surface area (Å²) in [5.74, 6) is -4.17. The minimum Gasteiger partial charge on any atom is -0.384 e. The van der Waals surface area contributed by atoms with Crippen molar-refractivity contribution in [2.75, 3.05) is 11.5 Å². The summed E-state index contributed by atoms with van der Waals surface area (Å²) in [6.07, 6.45) is 0. The molecule has 0 aliphatic rings. The third-order valence-corrected chi connectivity index (χ3v) is 2.01. The van der Waals surface area contributed by atoms with Gasteiger partial charge in [-0.25, -0.2) is 23.1 Å². The van der Waals surface area contributed by atoms with E-state index in [0.717, 1.165) is 12.1 Å². The number of nitrogen functional groups attached to an aromatic ring is 2. The molecule has 1 heterocycles. The molecule has 0 atom stereocenters. The van der Waals surface area contributed by atoms with Crippen molar-refractivity contribution >= 4 is 11.6 Å². The Morgan fingerprint density at radius 1 is 0.824 bits per heavy atom. The Kier molecular flexibility index (Phi) is 2.58. The summed E-state index contributed by atoms with van der Waals surface area (Å²) in [5.41, 5.74) is 10.8. The normalized spacial score (nSPS) is 10.5. The van der Waals surface area contributed by atoms with Gasteiger partial charge in [0.2, 0.25) is 0 Å². The lowest BCUT2D eigenvalue weighted by molar-refractivity contribution is 0.447. The lowest BCUT2D eigenvalue weighted by Gasteiger charge is -2.04. The SMILES string of the molecule is Nc1cc(N)nc(-c2cc(F)c(F)c(F)c2)n1. The Hall–Kier alpha value is -2.31. The van der Waals surface area contributed by atoms with Crippen molar-refractivity contribution in [1.82, 2.24) is 9.97 Å². The second-order valence-corrected chi connectivity index (χ2v) is 3.30. The van der Waals surface area contributed by atoms with Gasteiger partial charge in [0, 0.05) is 11.6 Å². The fraction of sp³-hybridized carbons (Fsp3) is 0. The minimum absolute atomic E-state index is 0.0413. The highest BCUT2D eigenvalue weighted by atomic mass is 19.2. The van der Waals surface area contributed by atoms with Gasteiger partial charge in [0.15, 0.2) is 23.3 Å². The Labute approximate surface area is 94.1 Å². The maximum atomic E-state index is 13.0. The number of aromatic nitrogens is 2. The third kappa shape index (κ3) is 2.12. The largest absolute Gasteiger partial charge is 0.384 e. The van der Waals surface area contributed by atoms with Crippen LogP contribution in [-0.2, 0) is 0 Å². The van der Waals surface area contributed by atoms with Crippen molar-refractivity contribution in [2.45, 2.75) is 0 Å². The van der Waals surface area contributed by atoms with E-state index < -0.39 is 17.5 Å². The first-order valence-electron chi connectivity index (χ1n) is 4.52. The minimum atomic E-state index is -1.55. The molecule has 2 rings (SSSR count).